The lowest BCUT2D eigenvalue weighted by atomic mass is 10.0. The van der Waals surface area contributed by atoms with Crippen molar-refractivity contribution in [1.29, 1.82) is 0 Å². The van der Waals surface area contributed by atoms with E-state index in [0.717, 1.165) is 57.8 Å². The quantitative estimate of drug-likeness (QED) is 0.0264. The van der Waals surface area contributed by atoms with Gasteiger partial charge in [-0.1, -0.05) is 274 Å². The number of nitrogens with two attached hydrogens (primary N) is 1. The first kappa shape index (κ1) is 72.7. The lowest BCUT2D eigenvalue weighted by Gasteiger charge is -2.19. The fraction of sp³-hybridized carbons (Fsp3) is 0.815. The largest absolute Gasteiger partial charge is 0.472 e. The van der Waals surface area contributed by atoms with Crippen LogP contribution < -0.4 is 5.73 Å². The summed E-state index contributed by atoms with van der Waals surface area (Å²) in [6, 6.07) is 0. The summed E-state index contributed by atoms with van der Waals surface area (Å²) in [6.07, 6.45) is 77.1. The number of carbonyl (C=O) groups is 2. The van der Waals surface area contributed by atoms with E-state index >= 15 is 0 Å². The minimum atomic E-state index is -4.39. The second-order valence-electron chi connectivity index (χ2n) is 21.3. The van der Waals surface area contributed by atoms with E-state index in [1.165, 1.54) is 218 Å². The molecule has 0 radical (unpaired) electrons. The molecule has 0 aliphatic rings. The molecule has 0 amide bonds. The van der Waals surface area contributed by atoms with Crippen LogP contribution in [0.2, 0.25) is 0 Å². The lowest BCUT2D eigenvalue weighted by molar-refractivity contribution is -0.161. The van der Waals surface area contributed by atoms with Crippen LogP contribution in [-0.2, 0) is 32.7 Å². The van der Waals surface area contributed by atoms with E-state index in [4.69, 9.17) is 24.3 Å². The molecule has 9 nitrogen and oxygen atoms in total. The second kappa shape index (κ2) is 60.9. The monoisotopic (exact) mass is 1070 g/mol. The summed E-state index contributed by atoms with van der Waals surface area (Å²) in [4.78, 5) is 35.3. The first-order valence-electron chi connectivity index (χ1n) is 31.8. The van der Waals surface area contributed by atoms with Gasteiger partial charge in [0.2, 0.25) is 0 Å². The molecule has 438 valence electrons. The van der Waals surface area contributed by atoms with Crippen LogP contribution in [0.15, 0.2) is 60.8 Å². The fourth-order valence-corrected chi connectivity index (χ4v) is 9.91. The average molecular weight is 1070 g/mol. The summed E-state index contributed by atoms with van der Waals surface area (Å²) in [6.45, 7) is 3.76. The van der Waals surface area contributed by atoms with Gasteiger partial charge in [0.15, 0.2) is 6.10 Å². The molecule has 0 aliphatic carbocycles. The standard InChI is InChI=1S/C65H120NO8P/c1-3-5-7-9-11-13-15-17-19-21-23-25-27-29-31-33-35-37-39-41-43-45-47-49-51-53-55-57-64(67)71-61-63(62-73-75(69,70)72-60-59-66)74-65(68)58-56-54-52-50-48-46-44-42-40-38-36-34-32-30-28-26-24-22-20-18-16-14-12-10-8-6-4-2/h15-18,21-24,28,30,63H,3-14,19-20,25-27,29,31-62,66H2,1-2H3,(H,69,70)/b17-15-,18-16-,23-21-,24-22-,30-28-. The van der Waals surface area contributed by atoms with Gasteiger partial charge in [0.05, 0.1) is 13.2 Å². The van der Waals surface area contributed by atoms with Crippen LogP contribution in [0.1, 0.15) is 309 Å². The Kier molecular flexibility index (Phi) is 59.1. The number of hydrogen-bond donors (Lipinski definition) is 2. The van der Waals surface area contributed by atoms with Crippen LogP contribution in [0.4, 0.5) is 0 Å². The zero-order chi connectivity index (χ0) is 54.5. The molecule has 0 heterocycles. The van der Waals surface area contributed by atoms with Gasteiger partial charge in [-0.05, 0) is 83.5 Å². The Morgan fingerprint density at radius 1 is 0.400 bits per heavy atom. The molecule has 0 aromatic rings. The first-order valence-corrected chi connectivity index (χ1v) is 33.3. The maximum Gasteiger partial charge on any atom is 0.472 e. The van der Waals surface area contributed by atoms with Gasteiger partial charge in [-0.3, -0.25) is 18.6 Å². The highest BCUT2D eigenvalue weighted by molar-refractivity contribution is 7.47. The van der Waals surface area contributed by atoms with E-state index in [9.17, 15) is 19.0 Å². The maximum atomic E-state index is 12.7. The van der Waals surface area contributed by atoms with Gasteiger partial charge in [-0.2, -0.15) is 0 Å². The van der Waals surface area contributed by atoms with Gasteiger partial charge in [0.1, 0.15) is 6.61 Å². The van der Waals surface area contributed by atoms with Crippen molar-refractivity contribution in [2.24, 2.45) is 5.73 Å². The molecule has 75 heavy (non-hydrogen) atoms. The number of hydrogen-bond acceptors (Lipinski definition) is 8. The third-order valence-corrected chi connectivity index (χ3v) is 14.9. The molecule has 3 N–H and O–H groups in total. The van der Waals surface area contributed by atoms with Crippen LogP contribution in [0, 0.1) is 0 Å². The van der Waals surface area contributed by atoms with Crippen molar-refractivity contribution in [1.82, 2.24) is 0 Å². The van der Waals surface area contributed by atoms with Crippen molar-refractivity contribution in [2.75, 3.05) is 26.4 Å². The van der Waals surface area contributed by atoms with Crippen molar-refractivity contribution in [3.8, 4) is 0 Å². The molecule has 0 aliphatic heterocycles. The summed E-state index contributed by atoms with van der Waals surface area (Å²) in [5.74, 6) is -0.819. The Morgan fingerprint density at radius 2 is 0.693 bits per heavy atom. The minimum absolute atomic E-state index is 0.0525. The molecule has 2 atom stereocenters. The fourth-order valence-electron chi connectivity index (χ4n) is 9.15. The molecule has 2 unspecified atom stereocenters. The van der Waals surface area contributed by atoms with Crippen molar-refractivity contribution in [3.05, 3.63) is 60.8 Å². The zero-order valence-corrected chi connectivity index (χ0v) is 49.9. The minimum Gasteiger partial charge on any atom is -0.462 e. The third kappa shape index (κ3) is 60.8. The molecule has 0 bridgehead atoms. The molecule has 10 heteroatoms. The number of rotatable bonds is 60. The molecule has 0 saturated heterocycles. The Hall–Kier alpha value is -2.29. The number of phosphoric acid groups is 1. The van der Waals surface area contributed by atoms with Gasteiger partial charge in [0.25, 0.3) is 0 Å². The van der Waals surface area contributed by atoms with Crippen molar-refractivity contribution < 1.29 is 37.6 Å². The first-order chi connectivity index (χ1) is 36.8. The molecule has 0 spiro atoms. The van der Waals surface area contributed by atoms with Gasteiger partial charge < -0.3 is 20.1 Å². The predicted octanol–water partition coefficient (Wildman–Crippen LogP) is 20.3. The molecular formula is C65H120NO8P. The number of unbranched alkanes of at least 4 members (excludes halogenated alkanes) is 37. The average Bonchev–Trinajstić information content (AvgIpc) is 3.40. The summed E-state index contributed by atoms with van der Waals surface area (Å²) < 4.78 is 33.1. The van der Waals surface area contributed by atoms with Crippen molar-refractivity contribution >= 4 is 19.8 Å². The summed E-state index contributed by atoms with van der Waals surface area (Å²) in [5.41, 5.74) is 5.39. The molecule has 0 rings (SSSR count). The maximum absolute atomic E-state index is 12.7. The summed E-state index contributed by atoms with van der Waals surface area (Å²) >= 11 is 0. The van der Waals surface area contributed by atoms with Crippen LogP contribution in [-0.4, -0.2) is 49.3 Å². The summed E-state index contributed by atoms with van der Waals surface area (Å²) in [7, 11) is -4.39. The second-order valence-corrected chi connectivity index (χ2v) is 22.7. The molecule has 0 saturated carbocycles. The van der Waals surface area contributed by atoms with Crippen LogP contribution >= 0.6 is 7.82 Å². The van der Waals surface area contributed by atoms with E-state index < -0.39 is 26.5 Å². The molecule has 0 aromatic carbocycles. The van der Waals surface area contributed by atoms with Crippen LogP contribution in [0.3, 0.4) is 0 Å². The van der Waals surface area contributed by atoms with Gasteiger partial charge in [-0.15, -0.1) is 0 Å². The Balaban J connectivity index is 3.92. The van der Waals surface area contributed by atoms with Crippen molar-refractivity contribution in [2.45, 2.75) is 315 Å². The topological polar surface area (TPSA) is 134 Å². The Morgan fingerprint density at radius 3 is 1.03 bits per heavy atom. The third-order valence-electron chi connectivity index (χ3n) is 13.9. The number of allylic oxidation sites excluding steroid dienone is 10. The smallest absolute Gasteiger partial charge is 0.462 e. The predicted molar refractivity (Wildman–Crippen MR) is 321 cm³/mol. The highest BCUT2D eigenvalue weighted by Crippen LogP contribution is 2.43. The molecular weight excluding hydrogens is 954 g/mol. The van der Waals surface area contributed by atoms with Crippen LogP contribution in [0.5, 0.6) is 0 Å². The molecule has 0 fully saturated rings. The molecule has 0 aromatic heterocycles. The van der Waals surface area contributed by atoms with Gasteiger partial charge in [0, 0.05) is 19.4 Å². The Bertz CT molecular complexity index is 1410. The van der Waals surface area contributed by atoms with Crippen molar-refractivity contribution in [3.63, 3.8) is 0 Å². The van der Waals surface area contributed by atoms with E-state index in [0.29, 0.717) is 6.42 Å². The Labute approximate surface area is 463 Å². The van der Waals surface area contributed by atoms with E-state index in [-0.39, 0.29) is 38.6 Å². The number of phosphoric ester groups is 1. The summed E-state index contributed by atoms with van der Waals surface area (Å²) in [5, 5.41) is 0. The normalized spacial score (nSPS) is 13.4. The highest BCUT2D eigenvalue weighted by Gasteiger charge is 2.26. The number of carbonyl (C=O) groups excluding carboxylic acids is 2. The lowest BCUT2D eigenvalue weighted by Crippen LogP contribution is -2.29. The van der Waals surface area contributed by atoms with E-state index in [1.54, 1.807) is 0 Å². The van der Waals surface area contributed by atoms with Gasteiger partial charge in [-0.25, -0.2) is 4.57 Å². The van der Waals surface area contributed by atoms with Gasteiger partial charge >= 0.3 is 19.8 Å². The number of ether oxygens (including phenoxy) is 2. The highest BCUT2D eigenvalue weighted by atomic mass is 31.2. The number of esters is 2. The SMILES string of the molecule is CCCCCCC/C=C\C/C=C\C/C=C\CCCCCCCCCCCCCCC(=O)OC(COC(=O)CCCCCCCCCCCCCCCCC/C=C\C/C=C\CCCCCCC)COP(=O)(O)OCCN. The van der Waals surface area contributed by atoms with E-state index in [2.05, 4.69) is 74.6 Å². The van der Waals surface area contributed by atoms with Crippen LogP contribution in [0.25, 0.3) is 0 Å². The zero-order valence-electron chi connectivity index (χ0n) is 49.0. The van der Waals surface area contributed by atoms with E-state index in [1.807, 2.05) is 0 Å².